The van der Waals surface area contributed by atoms with Gasteiger partial charge in [0.05, 0.1) is 13.7 Å². The highest BCUT2D eigenvalue weighted by Crippen LogP contribution is 2.23. The zero-order chi connectivity index (χ0) is 13.1. The number of hydrogen-bond acceptors (Lipinski definition) is 2. The molecule has 0 saturated heterocycles. The molecular weight excluding hydrogens is 306 g/mol. The van der Waals surface area contributed by atoms with Gasteiger partial charge in [-0.15, -0.1) is 0 Å². The van der Waals surface area contributed by atoms with Crippen molar-refractivity contribution in [3.05, 3.63) is 46.2 Å². The van der Waals surface area contributed by atoms with Crippen molar-refractivity contribution in [3.63, 3.8) is 0 Å². The Hall–Kier alpha value is -1.43. The van der Waals surface area contributed by atoms with Gasteiger partial charge in [-0.1, -0.05) is 12.1 Å². The van der Waals surface area contributed by atoms with Crippen molar-refractivity contribution < 1.29 is 13.5 Å². The highest BCUT2D eigenvalue weighted by atomic mass is 79.9. The Balaban J connectivity index is 2.22. The van der Waals surface area contributed by atoms with Crippen molar-refractivity contribution in [3.8, 4) is 5.75 Å². The molecule has 96 valence electrons. The monoisotopic (exact) mass is 316 g/mol. The Bertz CT molecular complexity index is 525. The molecule has 0 aliphatic heterocycles. The van der Waals surface area contributed by atoms with Crippen molar-refractivity contribution in [1.82, 2.24) is 9.78 Å². The lowest BCUT2D eigenvalue weighted by atomic mass is 10.2. The number of benzene rings is 1. The van der Waals surface area contributed by atoms with Gasteiger partial charge in [-0.2, -0.15) is 5.10 Å². The summed E-state index contributed by atoms with van der Waals surface area (Å²) in [4.78, 5) is 0. The van der Waals surface area contributed by atoms with Gasteiger partial charge in [-0.05, 0) is 39.7 Å². The third kappa shape index (κ3) is 2.87. The number of halogens is 3. The maximum absolute atomic E-state index is 12.8. The highest BCUT2D eigenvalue weighted by Gasteiger charge is 2.15. The molecule has 18 heavy (non-hydrogen) atoms. The second kappa shape index (κ2) is 5.48. The quantitative estimate of drug-likeness (QED) is 0.861. The zero-order valence-electron chi connectivity index (χ0n) is 9.61. The molecule has 0 amide bonds. The average Bonchev–Trinajstić information content (AvgIpc) is 2.71. The predicted molar refractivity (Wildman–Crippen MR) is 67.0 cm³/mol. The topological polar surface area (TPSA) is 27.1 Å². The first-order valence-corrected chi connectivity index (χ1v) is 6.04. The lowest BCUT2D eigenvalue weighted by molar-refractivity contribution is 0.140. The van der Waals surface area contributed by atoms with E-state index in [-0.39, 0.29) is 5.69 Å². The molecule has 0 spiro atoms. The average molecular weight is 317 g/mol. The molecule has 2 aromatic rings. The predicted octanol–water partition coefficient (Wildman–Crippen LogP) is 3.64. The van der Waals surface area contributed by atoms with Gasteiger partial charge < -0.3 is 4.74 Å². The fourth-order valence-electron chi connectivity index (χ4n) is 1.60. The molecule has 0 aliphatic carbocycles. The van der Waals surface area contributed by atoms with Crippen molar-refractivity contribution in [2.45, 2.75) is 13.0 Å². The van der Waals surface area contributed by atoms with E-state index in [1.165, 1.54) is 10.7 Å². The summed E-state index contributed by atoms with van der Waals surface area (Å²) in [6.45, 7) is 0.301. The number of nitrogens with zero attached hydrogens (tertiary/aromatic N) is 2. The molecule has 0 unspecified atom stereocenters. The summed E-state index contributed by atoms with van der Waals surface area (Å²) in [6, 6.07) is 8.55. The molecule has 3 nitrogen and oxygen atoms in total. The number of hydrogen-bond donors (Lipinski definition) is 0. The summed E-state index contributed by atoms with van der Waals surface area (Å²) in [6.07, 6.45) is -2.54. The minimum Gasteiger partial charge on any atom is -0.497 e. The second-order valence-electron chi connectivity index (χ2n) is 3.70. The standard InChI is InChI=1S/C12H11BrF2N2O/c1-18-9-4-2-8(3-5-9)7-17-10(12(14)15)6-11(13)16-17/h2-6,12H,7H2,1H3. The summed E-state index contributed by atoms with van der Waals surface area (Å²) < 4.78 is 32.3. The maximum atomic E-state index is 12.8. The van der Waals surface area contributed by atoms with Crippen LogP contribution in [0.15, 0.2) is 34.9 Å². The summed E-state index contributed by atoms with van der Waals surface area (Å²) >= 11 is 3.10. The van der Waals surface area contributed by atoms with Crippen LogP contribution in [-0.2, 0) is 6.54 Å². The number of ether oxygens (including phenoxy) is 1. The van der Waals surface area contributed by atoms with Crippen molar-refractivity contribution >= 4 is 15.9 Å². The molecule has 0 saturated carbocycles. The second-order valence-corrected chi connectivity index (χ2v) is 4.51. The first-order valence-electron chi connectivity index (χ1n) is 5.24. The number of methoxy groups -OCH3 is 1. The summed E-state index contributed by atoms with van der Waals surface area (Å²) in [5.74, 6) is 0.731. The molecule has 0 aliphatic rings. The molecule has 0 N–H and O–H groups in total. The zero-order valence-corrected chi connectivity index (χ0v) is 11.2. The Labute approximate surface area is 112 Å². The molecule has 2 rings (SSSR count). The van der Waals surface area contributed by atoms with Crippen LogP contribution in [-0.4, -0.2) is 16.9 Å². The van der Waals surface area contributed by atoms with E-state index < -0.39 is 6.43 Å². The molecule has 0 fully saturated rings. The van der Waals surface area contributed by atoms with Crippen LogP contribution in [0.4, 0.5) is 8.78 Å². The number of aromatic nitrogens is 2. The van der Waals surface area contributed by atoms with E-state index in [1.807, 2.05) is 12.1 Å². The SMILES string of the molecule is COc1ccc(Cn2nc(Br)cc2C(F)F)cc1. The van der Waals surface area contributed by atoms with Crippen LogP contribution >= 0.6 is 15.9 Å². The first kappa shape index (κ1) is 13.0. The smallest absolute Gasteiger partial charge is 0.280 e. The Morgan fingerprint density at radius 3 is 2.56 bits per heavy atom. The molecule has 1 heterocycles. The molecule has 1 aromatic heterocycles. The van der Waals surface area contributed by atoms with Crippen LogP contribution in [0.3, 0.4) is 0 Å². The molecular formula is C12H11BrF2N2O. The minimum atomic E-state index is -2.54. The first-order chi connectivity index (χ1) is 8.60. The third-order valence-electron chi connectivity index (χ3n) is 2.50. The van der Waals surface area contributed by atoms with Gasteiger partial charge in [0.25, 0.3) is 6.43 Å². The van der Waals surface area contributed by atoms with Crippen molar-refractivity contribution in [2.24, 2.45) is 0 Å². The highest BCUT2D eigenvalue weighted by molar-refractivity contribution is 9.10. The lowest BCUT2D eigenvalue weighted by Gasteiger charge is -2.07. The van der Waals surface area contributed by atoms with Crippen LogP contribution in [0.1, 0.15) is 17.7 Å². The van der Waals surface area contributed by atoms with Gasteiger partial charge in [0.2, 0.25) is 0 Å². The fourth-order valence-corrected chi connectivity index (χ4v) is 2.03. The van der Waals surface area contributed by atoms with E-state index in [4.69, 9.17) is 4.74 Å². The summed E-state index contributed by atoms with van der Waals surface area (Å²) in [7, 11) is 1.58. The molecule has 1 aromatic carbocycles. The van der Waals surface area contributed by atoms with Crippen molar-refractivity contribution in [1.29, 1.82) is 0 Å². The summed E-state index contributed by atoms with van der Waals surface area (Å²) in [5, 5.41) is 3.99. The van der Waals surface area contributed by atoms with Crippen LogP contribution in [0.25, 0.3) is 0 Å². The van der Waals surface area contributed by atoms with Gasteiger partial charge in [-0.25, -0.2) is 8.78 Å². The molecule has 0 radical (unpaired) electrons. The Morgan fingerprint density at radius 1 is 1.33 bits per heavy atom. The minimum absolute atomic E-state index is 0.0994. The van der Waals surface area contributed by atoms with Crippen LogP contribution < -0.4 is 4.74 Å². The van der Waals surface area contributed by atoms with Gasteiger partial charge in [0.15, 0.2) is 0 Å². The maximum Gasteiger partial charge on any atom is 0.280 e. The molecule has 0 bridgehead atoms. The van der Waals surface area contributed by atoms with Gasteiger partial charge >= 0.3 is 0 Å². The van der Waals surface area contributed by atoms with E-state index >= 15 is 0 Å². The van der Waals surface area contributed by atoms with E-state index in [1.54, 1.807) is 19.2 Å². The fraction of sp³-hybridized carbons (Fsp3) is 0.250. The Morgan fingerprint density at radius 2 is 2.00 bits per heavy atom. The Kier molecular flexibility index (Phi) is 3.96. The van der Waals surface area contributed by atoms with Gasteiger partial charge in [0.1, 0.15) is 16.0 Å². The van der Waals surface area contributed by atoms with Gasteiger partial charge in [0, 0.05) is 0 Å². The normalized spacial score (nSPS) is 10.9. The number of alkyl halides is 2. The van der Waals surface area contributed by atoms with E-state index in [2.05, 4.69) is 21.0 Å². The van der Waals surface area contributed by atoms with Crippen LogP contribution in [0.2, 0.25) is 0 Å². The lowest BCUT2D eigenvalue weighted by Crippen LogP contribution is -2.06. The van der Waals surface area contributed by atoms with Crippen LogP contribution in [0.5, 0.6) is 5.75 Å². The van der Waals surface area contributed by atoms with E-state index in [0.717, 1.165) is 11.3 Å². The third-order valence-corrected chi connectivity index (χ3v) is 2.88. The molecule has 0 atom stereocenters. The van der Waals surface area contributed by atoms with E-state index in [9.17, 15) is 8.78 Å². The number of rotatable bonds is 4. The van der Waals surface area contributed by atoms with E-state index in [0.29, 0.717) is 11.1 Å². The largest absolute Gasteiger partial charge is 0.497 e. The van der Waals surface area contributed by atoms with Gasteiger partial charge in [-0.3, -0.25) is 4.68 Å². The summed E-state index contributed by atoms with van der Waals surface area (Å²) in [5.41, 5.74) is 0.783. The van der Waals surface area contributed by atoms with Crippen molar-refractivity contribution in [2.75, 3.05) is 7.11 Å². The van der Waals surface area contributed by atoms with Crippen LogP contribution in [0, 0.1) is 0 Å². The molecule has 6 heteroatoms.